The van der Waals surface area contributed by atoms with E-state index in [1.54, 1.807) is 36.5 Å². The molecule has 0 saturated heterocycles. The van der Waals surface area contributed by atoms with Crippen molar-refractivity contribution in [2.75, 3.05) is 11.4 Å². The summed E-state index contributed by atoms with van der Waals surface area (Å²) in [5.74, 6) is -0.575. The number of sulfonamides is 1. The van der Waals surface area contributed by atoms with Crippen LogP contribution in [0.3, 0.4) is 0 Å². The molecule has 0 saturated carbocycles. The van der Waals surface area contributed by atoms with Crippen LogP contribution >= 0.6 is 0 Å². The number of H-pyrrole nitrogens is 1. The first-order valence-corrected chi connectivity index (χ1v) is 12.0. The molecule has 0 fully saturated rings. The van der Waals surface area contributed by atoms with Gasteiger partial charge in [-0.3, -0.25) is 18.9 Å². The third kappa shape index (κ3) is 4.42. The molecular weight excluding hydrogens is 452 g/mol. The molecule has 4 aromatic rings. The van der Waals surface area contributed by atoms with Gasteiger partial charge >= 0.3 is 0 Å². The minimum Gasteiger partial charge on any atom is -0.360 e. The van der Waals surface area contributed by atoms with E-state index < -0.39 is 21.4 Å². The molecule has 0 unspecified atom stereocenters. The number of benzene rings is 2. The second-order valence-electron chi connectivity index (χ2n) is 7.98. The van der Waals surface area contributed by atoms with Crippen molar-refractivity contribution in [1.29, 1.82) is 0 Å². The van der Waals surface area contributed by atoms with E-state index in [0.29, 0.717) is 16.9 Å². The first-order valence-electron chi connectivity index (χ1n) is 10.6. The first kappa shape index (κ1) is 23.2. The minimum atomic E-state index is -3.94. The average molecular weight is 477 g/mol. The highest BCUT2D eigenvalue weighted by atomic mass is 32.2. The molecule has 0 spiro atoms. The number of nitrogens with one attached hydrogen (secondary N) is 2. The number of aryl methyl sites for hydroxylation is 2. The summed E-state index contributed by atoms with van der Waals surface area (Å²) in [6.45, 7) is 4.02. The lowest BCUT2D eigenvalue weighted by Gasteiger charge is -2.20. The van der Waals surface area contributed by atoms with Gasteiger partial charge in [0.15, 0.2) is 0 Å². The lowest BCUT2D eigenvalue weighted by molar-refractivity contribution is 0.0949. The second kappa shape index (κ2) is 9.11. The zero-order valence-electron chi connectivity index (χ0n) is 19.0. The standard InChI is InChI=1S/C25H24N4O4S/c1-16-7-8-19(12-17(16)2)29(3)34(32,33)20-9-10-23-21(13-20)24(30)22(15-27-23)25(31)28-14-18-6-4-5-11-26-18/h4-13,15H,14H2,1-3H3,(H,27,30)(H,28,31). The van der Waals surface area contributed by atoms with Gasteiger partial charge in [-0.2, -0.15) is 0 Å². The summed E-state index contributed by atoms with van der Waals surface area (Å²) >= 11 is 0. The number of pyridine rings is 2. The largest absolute Gasteiger partial charge is 0.360 e. The van der Waals surface area contributed by atoms with Gasteiger partial charge in [0.2, 0.25) is 5.43 Å². The van der Waals surface area contributed by atoms with Crippen LogP contribution in [0.2, 0.25) is 0 Å². The lowest BCUT2D eigenvalue weighted by Crippen LogP contribution is -2.29. The quantitative estimate of drug-likeness (QED) is 0.443. The third-order valence-corrected chi connectivity index (χ3v) is 7.55. The SMILES string of the molecule is Cc1ccc(N(C)S(=O)(=O)c2ccc3[nH]cc(C(=O)NCc4ccccn4)c(=O)c3c2)cc1C. The molecule has 174 valence electrons. The monoisotopic (exact) mass is 476 g/mol. The van der Waals surface area contributed by atoms with Crippen LogP contribution < -0.4 is 15.1 Å². The smallest absolute Gasteiger partial charge is 0.264 e. The van der Waals surface area contributed by atoms with E-state index in [1.165, 1.54) is 35.7 Å². The molecule has 4 rings (SSSR count). The van der Waals surface area contributed by atoms with E-state index >= 15 is 0 Å². The van der Waals surface area contributed by atoms with Crippen LogP contribution in [-0.2, 0) is 16.6 Å². The summed E-state index contributed by atoms with van der Waals surface area (Å²) in [5.41, 5.74) is 2.95. The number of anilines is 1. The third-order valence-electron chi connectivity index (χ3n) is 5.77. The van der Waals surface area contributed by atoms with Crippen LogP contribution in [0.15, 0.2) is 76.7 Å². The van der Waals surface area contributed by atoms with Gasteiger partial charge in [-0.15, -0.1) is 0 Å². The highest BCUT2D eigenvalue weighted by molar-refractivity contribution is 7.92. The molecule has 34 heavy (non-hydrogen) atoms. The van der Waals surface area contributed by atoms with Gasteiger partial charge in [0.05, 0.1) is 22.8 Å². The molecule has 2 aromatic heterocycles. The summed E-state index contributed by atoms with van der Waals surface area (Å²) < 4.78 is 27.8. The van der Waals surface area contributed by atoms with Crippen molar-refractivity contribution in [3.8, 4) is 0 Å². The Morgan fingerprint density at radius 1 is 1.06 bits per heavy atom. The van der Waals surface area contributed by atoms with E-state index in [9.17, 15) is 18.0 Å². The number of carbonyl (C=O) groups is 1. The molecule has 0 aliphatic carbocycles. The van der Waals surface area contributed by atoms with Crippen LogP contribution in [0.1, 0.15) is 27.2 Å². The zero-order chi connectivity index (χ0) is 24.5. The predicted octanol–water partition coefficient (Wildman–Crippen LogP) is 3.30. The van der Waals surface area contributed by atoms with Gasteiger partial charge in [0.1, 0.15) is 5.56 Å². The molecule has 8 nitrogen and oxygen atoms in total. The number of aromatic amines is 1. The molecule has 9 heteroatoms. The van der Waals surface area contributed by atoms with Crippen LogP contribution in [0, 0.1) is 13.8 Å². The molecule has 1 amide bonds. The normalized spacial score (nSPS) is 11.4. The van der Waals surface area contributed by atoms with Gasteiger partial charge in [-0.05, 0) is 67.4 Å². The Hall–Kier alpha value is -3.98. The fraction of sp³-hybridized carbons (Fsp3) is 0.160. The Bertz CT molecular complexity index is 1550. The highest BCUT2D eigenvalue weighted by Crippen LogP contribution is 2.25. The Balaban J connectivity index is 1.67. The molecule has 2 heterocycles. The molecule has 0 bridgehead atoms. The Labute approximate surface area is 197 Å². The number of hydrogen-bond donors (Lipinski definition) is 2. The van der Waals surface area contributed by atoms with E-state index in [-0.39, 0.29) is 22.4 Å². The number of carbonyl (C=O) groups excluding carboxylic acids is 1. The maximum Gasteiger partial charge on any atom is 0.264 e. The molecule has 0 aliphatic rings. The van der Waals surface area contributed by atoms with Crippen molar-refractivity contribution in [3.05, 3.63) is 99.6 Å². The maximum absolute atomic E-state index is 13.3. The van der Waals surface area contributed by atoms with E-state index in [1.807, 2.05) is 19.9 Å². The van der Waals surface area contributed by atoms with Gasteiger partial charge in [0.25, 0.3) is 15.9 Å². The van der Waals surface area contributed by atoms with Gasteiger partial charge in [-0.1, -0.05) is 12.1 Å². The summed E-state index contributed by atoms with van der Waals surface area (Å²) in [6, 6.07) is 15.0. The number of rotatable bonds is 6. The van der Waals surface area contributed by atoms with E-state index in [2.05, 4.69) is 15.3 Å². The first-order chi connectivity index (χ1) is 16.2. The van der Waals surface area contributed by atoms with Crippen molar-refractivity contribution in [3.63, 3.8) is 0 Å². The van der Waals surface area contributed by atoms with Crippen LogP contribution in [-0.4, -0.2) is 31.3 Å². The predicted molar refractivity (Wildman–Crippen MR) is 131 cm³/mol. The zero-order valence-corrected chi connectivity index (χ0v) is 19.8. The summed E-state index contributed by atoms with van der Waals surface area (Å²) in [6.07, 6.45) is 2.94. The van der Waals surface area contributed by atoms with Crippen LogP contribution in [0.25, 0.3) is 10.9 Å². The number of amides is 1. The number of hydrogen-bond acceptors (Lipinski definition) is 5. The summed E-state index contributed by atoms with van der Waals surface area (Å²) in [5, 5.41) is 2.78. The average Bonchev–Trinajstić information content (AvgIpc) is 2.84. The minimum absolute atomic E-state index is 0.0442. The Morgan fingerprint density at radius 3 is 2.56 bits per heavy atom. The van der Waals surface area contributed by atoms with Crippen molar-refractivity contribution in [1.82, 2.24) is 15.3 Å². The van der Waals surface area contributed by atoms with Crippen molar-refractivity contribution < 1.29 is 13.2 Å². The van der Waals surface area contributed by atoms with Crippen molar-refractivity contribution >= 4 is 32.5 Å². The number of aromatic nitrogens is 2. The van der Waals surface area contributed by atoms with Crippen molar-refractivity contribution in [2.45, 2.75) is 25.3 Å². The molecule has 0 aliphatic heterocycles. The molecule has 2 N–H and O–H groups in total. The van der Waals surface area contributed by atoms with Gasteiger partial charge in [-0.25, -0.2) is 8.42 Å². The van der Waals surface area contributed by atoms with Crippen LogP contribution in [0.5, 0.6) is 0 Å². The fourth-order valence-electron chi connectivity index (χ4n) is 3.51. The molecule has 0 radical (unpaired) electrons. The van der Waals surface area contributed by atoms with E-state index in [4.69, 9.17) is 0 Å². The molecular formula is C25H24N4O4S. The summed E-state index contributed by atoms with van der Waals surface area (Å²) in [4.78, 5) is 32.7. The fourth-order valence-corrected chi connectivity index (χ4v) is 4.73. The number of nitrogens with zero attached hydrogens (tertiary/aromatic N) is 2. The molecule has 0 atom stereocenters. The lowest BCUT2D eigenvalue weighted by atomic mass is 10.1. The van der Waals surface area contributed by atoms with E-state index in [0.717, 1.165) is 11.1 Å². The second-order valence-corrected chi connectivity index (χ2v) is 9.95. The number of fused-ring (bicyclic) bond motifs is 1. The van der Waals surface area contributed by atoms with Gasteiger partial charge in [0, 0.05) is 30.3 Å². The maximum atomic E-state index is 13.3. The summed E-state index contributed by atoms with van der Waals surface area (Å²) in [7, 11) is -2.47. The van der Waals surface area contributed by atoms with Crippen molar-refractivity contribution in [2.24, 2.45) is 0 Å². The van der Waals surface area contributed by atoms with Crippen LogP contribution in [0.4, 0.5) is 5.69 Å². The topological polar surface area (TPSA) is 112 Å². The Morgan fingerprint density at radius 2 is 1.85 bits per heavy atom. The van der Waals surface area contributed by atoms with Gasteiger partial charge < -0.3 is 10.3 Å². The Kier molecular flexibility index (Phi) is 6.21. The molecule has 2 aromatic carbocycles. The highest BCUT2D eigenvalue weighted by Gasteiger charge is 2.23.